The Morgan fingerprint density at radius 3 is 2.59 bits per heavy atom. The molecule has 1 aromatic carbocycles. The van der Waals surface area contributed by atoms with Crippen molar-refractivity contribution in [3.05, 3.63) is 32.7 Å². The molecular weight excluding hydrogens is 380 g/mol. The Hall–Kier alpha value is -0.440. The fourth-order valence-corrected chi connectivity index (χ4v) is 2.03. The van der Waals surface area contributed by atoms with Crippen LogP contribution in [0.15, 0.2) is 27.1 Å². The average Bonchev–Trinajstić information content (AvgIpc) is 2.19. The highest BCUT2D eigenvalue weighted by Crippen LogP contribution is 2.22. The fraction of sp³-hybridized carbons (Fsp3) is 0.222. The van der Waals surface area contributed by atoms with Crippen molar-refractivity contribution >= 4 is 47.9 Å². The van der Waals surface area contributed by atoms with E-state index >= 15 is 0 Å². The van der Waals surface area contributed by atoms with Gasteiger partial charge in [0, 0.05) is 8.95 Å². The van der Waals surface area contributed by atoms with Gasteiger partial charge in [0.05, 0.1) is 21.4 Å². The summed E-state index contributed by atoms with van der Waals surface area (Å²) in [6, 6.07) is 4.89. The largest absolute Gasteiger partial charge is 0.748 e. The molecule has 0 aromatic heterocycles. The van der Waals surface area contributed by atoms with Gasteiger partial charge in [0.1, 0.15) is 6.61 Å². The quantitative estimate of drug-likeness (QED) is 0.583. The van der Waals surface area contributed by atoms with E-state index in [9.17, 15) is 17.8 Å². The molecule has 0 N–H and O–H groups in total. The molecule has 0 saturated carbocycles. The summed E-state index contributed by atoms with van der Waals surface area (Å²) in [5.74, 6) is -1.42. The molecular formula is C9H7Br2O5S-. The van der Waals surface area contributed by atoms with Crippen LogP contribution in [0.4, 0.5) is 0 Å². The van der Waals surface area contributed by atoms with Crippen molar-refractivity contribution in [3.8, 4) is 0 Å². The molecule has 1 aromatic rings. The van der Waals surface area contributed by atoms with Crippen molar-refractivity contribution in [2.24, 2.45) is 0 Å². The zero-order valence-electron chi connectivity index (χ0n) is 8.35. The Morgan fingerprint density at radius 2 is 2.00 bits per heavy atom. The van der Waals surface area contributed by atoms with E-state index in [2.05, 4.69) is 36.6 Å². The van der Waals surface area contributed by atoms with Gasteiger partial charge in [-0.1, -0.05) is 15.9 Å². The molecule has 5 nitrogen and oxygen atoms in total. The molecule has 0 amide bonds. The van der Waals surface area contributed by atoms with Gasteiger partial charge in [0.25, 0.3) is 0 Å². The van der Waals surface area contributed by atoms with Gasteiger partial charge >= 0.3 is 5.97 Å². The lowest BCUT2D eigenvalue weighted by molar-refractivity contribution is 0.0527. The lowest BCUT2D eigenvalue weighted by Gasteiger charge is -2.08. The van der Waals surface area contributed by atoms with E-state index in [1.165, 1.54) is 6.07 Å². The second-order valence-electron chi connectivity index (χ2n) is 3.02. The molecule has 8 heteroatoms. The normalized spacial score (nSPS) is 11.2. The maximum absolute atomic E-state index is 11.5. The van der Waals surface area contributed by atoms with Gasteiger partial charge in [-0.15, -0.1) is 0 Å². The Kier molecular flexibility index (Phi) is 5.11. The van der Waals surface area contributed by atoms with E-state index in [-0.39, 0.29) is 5.56 Å². The highest BCUT2D eigenvalue weighted by atomic mass is 79.9. The minimum atomic E-state index is -4.37. The standard InChI is InChI=1S/C9H8Br2O5S/c10-6-1-2-8(11)7(5-6)9(12)16-3-4-17(13,14)15/h1-2,5H,3-4H2,(H,13,14,15)/p-1. The van der Waals surface area contributed by atoms with Crippen molar-refractivity contribution in [2.45, 2.75) is 0 Å². The number of hydrogen-bond donors (Lipinski definition) is 0. The number of hydrogen-bond acceptors (Lipinski definition) is 5. The molecule has 17 heavy (non-hydrogen) atoms. The fourth-order valence-electron chi connectivity index (χ4n) is 0.968. The molecule has 0 saturated heterocycles. The average molecular weight is 387 g/mol. The van der Waals surface area contributed by atoms with Crippen LogP contribution in [0.1, 0.15) is 10.4 Å². The van der Waals surface area contributed by atoms with Crippen LogP contribution in [0.3, 0.4) is 0 Å². The lowest BCUT2D eigenvalue weighted by Crippen LogP contribution is -2.15. The molecule has 94 valence electrons. The van der Waals surface area contributed by atoms with Crippen LogP contribution < -0.4 is 0 Å². The number of ether oxygens (including phenoxy) is 1. The van der Waals surface area contributed by atoms with E-state index in [1.54, 1.807) is 12.1 Å². The van der Waals surface area contributed by atoms with Gasteiger partial charge in [-0.2, -0.15) is 0 Å². The number of rotatable bonds is 4. The molecule has 1 rings (SSSR count). The third kappa shape index (κ3) is 5.15. The van der Waals surface area contributed by atoms with Gasteiger partial charge in [-0.05, 0) is 34.1 Å². The SMILES string of the molecule is O=C(OCCS(=O)(=O)[O-])c1cc(Br)ccc1Br. The van der Waals surface area contributed by atoms with Crippen LogP contribution in [0.2, 0.25) is 0 Å². The number of benzene rings is 1. The molecule has 0 aliphatic heterocycles. The van der Waals surface area contributed by atoms with Crippen LogP contribution in [-0.2, 0) is 14.9 Å². The van der Waals surface area contributed by atoms with Crippen LogP contribution in [-0.4, -0.2) is 31.3 Å². The number of esters is 1. The highest BCUT2D eigenvalue weighted by molar-refractivity contribution is 9.11. The molecule has 0 radical (unpaired) electrons. The van der Waals surface area contributed by atoms with Crippen molar-refractivity contribution in [1.29, 1.82) is 0 Å². The second kappa shape index (κ2) is 5.94. The van der Waals surface area contributed by atoms with Crippen molar-refractivity contribution in [2.75, 3.05) is 12.4 Å². The molecule has 0 aliphatic carbocycles. The topological polar surface area (TPSA) is 83.5 Å². The summed E-state index contributed by atoms with van der Waals surface area (Å²) in [6.07, 6.45) is 0. The molecule has 0 aliphatic rings. The van der Waals surface area contributed by atoms with Gasteiger partial charge in [0.2, 0.25) is 0 Å². The zero-order valence-corrected chi connectivity index (χ0v) is 12.3. The second-order valence-corrected chi connectivity index (χ2v) is 6.32. The predicted molar refractivity (Wildman–Crippen MR) is 66.7 cm³/mol. The van der Waals surface area contributed by atoms with Gasteiger partial charge < -0.3 is 9.29 Å². The van der Waals surface area contributed by atoms with Crippen molar-refractivity contribution < 1.29 is 22.5 Å². The molecule has 0 fully saturated rings. The smallest absolute Gasteiger partial charge is 0.339 e. The summed E-state index contributed by atoms with van der Waals surface area (Å²) < 4.78 is 36.8. The zero-order chi connectivity index (χ0) is 13.1. The number of halogens is 2. The van der Waals surface area contributed by atoms with E-state index in [0.717, 1.165) is 0 Å². The third-order valence-corrected chi connectivity index (χ3v) is 3.57. The lowest BCUT2D eigenvalue weighted by atomic mass is 10.2. The summed E-state index contributed by atoms with van der Waals surface area (Å²) in [4.78, 5) is 11.5. The minimum absolute atomic E-state index is 0.252. The molecule has 0 atom stereocenters. The Labute approximate surface area is 115 Å². The van der Waals surface area contributed by atoms with Crippen LogP contribution in [0.5, 0.6) is 0 Å². The maximum atomic E-state index is 11.5. The highest BCUT2D eigenvalue weighted by Gasteiger charge is 2.12. The first kappa shape index (κ1) is 14.6. The Balaban J connectivity index is 2.67. The maximum Gasteiger partial charge on any atom is 0.339 e. The first-order chi connectivity index (χ1) is 7.79. The monoisotopic (exact) mass is 385 g/mol. The Bertz CT molecular complexity index is 526. The van der Waals surface area contributed by atoms with Gasteiger partial charge in [0.15, 0.2) is 0 Å². The van der Waals surface area contributed by atoms with Crippen molar-refractivity contribution in [3.63, 3.8) is 0 Å². The summed E-state index contributed by atoms with van der Waals surface area (Å²) >= 11 is 6.35. The summed E-state index contributed by atoms with van der Waals surface area (Å²) in [7, 11) is -4.37. The first-order valence-corrected chi connectivity index (χ1v) is 7.51. The Morgan fingerprint density at radius 1 is 1.35 bits per heavy atom. The molecule has 0 spiro atoms. The van der Waals surface area contributed by atoms with E-state index in [0.29, 0.717) is 8.95 Å². The number of carbonyl (C=O) groups excluding carboxylic acids is 1. The minimum Gasteiger partial charge on any atom is -0.748 e. The van der Waals surface area contributed by atoms with Crippen molar-refractivity contribution in [1.82, 2.24) is 0 Å². The van der Waals surface area contributed by atoms with Crippen LogP contribution >= 0.6 is 31.9 Å². The predicted octanol–water partition coefficient (Wildman–Crippen LogP) is 1.91. The number of carbonyl (C=O) groups is 1. The van der Waals surface area contributed by atoms with E-state index < -0.39 is 28.4 Å². The summed E-state index contributed by atoms with van der Waals surface area (Å²) in [5.41, 5.74) is 0.252. The third-order valence-electron chi connectivity index (χ3n) is 1.71. The van der Waals surface area contributed by atoms with Crippen LogP contribution in [0.25, 0.3) is 0 Å². The van der Waals surface area contributed by atoms with Gasteiger partial charge in [-0.3, -0.25) is 0 Å². The molecule has 0 heterocycles. The van der Waals surface area contributed by atoms with Crippen LogP contribution in [0, 0.1) is 0 Å². The molecule has 0 unspecified atom stereocenters. The first-order valence-electron chi connectivity index (χ1n) is 4.35. The van der Waals surface area contributed by atoms with E-state index in [4.69, 9.17) is 0 Å². The summed E-state index contributed by atoms with van der Waals surface area (Å²) in [5, 5.41) is 0. The van der Waals surface area contributed by atoms with E-state index in [1.807, 2.05) is 0 Å². The summed E-state index contributed by atoms with van der Waals surface area (Å²) in [6.45, 7) is -0.455. The van der Waals surface area contributed by atoms with Gasteiger partial charge in [-0.25, -0.2) is 13.2 Å². The molecule has 0 bridgehead atoms.